The van der Waals surface area contributed by atoms with Gasteiger partial charge in [-0.25, -0.2) is 8.78 Å². The summed E-state index contributed by atoms with van der Waals surface area (Å²) in [4.78, 5) is 23.0. The summed E-state index contributed by atoms with van der Waals surface area (Å²) in [6.45, 7) is -0.459. The summed E-state index contributed by atoms with van der Waals surface area (Å²) in [7, 11) is 0. The number of nitrogens with two attached hydrogens (primary N) is 1. The molecule has 1 saturated heterocycles. The fourth-order valence-electron chi connectivity index (χ4n) is 2.78. The molecule has 5 nitrogen and oxygen atoms in total. The highest BCUT2D eigenvalue weighted by Crippen LogP contribution is 2.27. The van der Waals surface area contributed by atoms with Gasteiger partial charge in [-0.15, -0.1) is 12.4 Å². The quantitative estimate of drug-likeness (QED) is 0.712. The summed E-state index contributed by atoms with van der Waals surface area (Å²) in [5.74, 6) is -3.81. The molecule has 116 valence electrons. The molecule has 0 aromatic carbocycles. The zero-order valence-corrected chi connectivity index (χ0v) is 11.8. The maximum Gasteiger partial charge on any atom is 0.262 e. The van der Waals surface area contributed by atoms with E-state index in [0.29, 0.717) is 6.42 Å². The minimum absolute atomic E-state index is 0. The number of halogens is 3. The summed E-state index contributed by atoms with van der Waals surface area (Å²) in [5.41, 5.74) is 5.25. The van der Waals surface area contributed by atoms with Gasteiger partial charge < -0.3 is 11.1 Å². The number of hydrogen-bond acceptors (Lipinski definition) is 3. The third-order valence-corrected chi connectivity index (χ3v) is 3.85. The van der Waals surface area contributed by atoms with Gasteiger partial charge in [0.25, 0.3) is 5.92 Å². The van der Waals surface area contributed by atoms with Gasteiger partial charge in [0, 0.05) is 18.4 Å². The highest BCUT2D eigenvalue weighted by Gasteiger charge is 2.42. The molecule has 2 rings (SSSR count). The molecule has 1 aliphatic heterocycles. The van der Waals surface area contributed by atoms with E-state index in [4.69, 9.17) is 5.73 Å². The van der Waals surface area contributed by atoms with E-state index in [1.165, 1.54) is 0 Å². The molecule has 0 spiro atoms. The molecule has 0 aromatic heterocycles. The summed E-state index contributed by atoms with van der Waals surface area (Å²) < 4.78 is 26.0. The minimum Gasteiger partial charge on any atom is -0.369 e. The molecule has 2 fully saturated rings. The molecule has 1 aliphatic carbocycles. The van der Waals surface area contributed by atoms with E-state index in [1.54, 1.807) is 0 Å². The average Bonchev–Trinajstić information content (AvgIpc) is 2.70. The fraction of sp³-hybridized carbons (Fsp3) is 0.833. The number of hydrogen-bond donors (Lipinski definition) is 3. The second-order valence-corrected chi connectivity index (χ2v) is 5.46. The largest absolute Gasteiger partial charge is 0.369 e. The summed E-state index contributed by atoms with van der Waals surface area (Å²) in [5, 5.41) is 5.26. The molecule has 20 heavy (non-hydrogen) atoms. The van der Waals surface area contributed by atoms with Crippen molar-refractivity contribution < 1.29 is 18.4 Å². The highest BCUT2D eigenvalue weighted by molar-refractivity contribution is 5.85. The molecular weight excluding hydrogens is 292 g/mol. The smallest absolute Gasteiger partial charge is 0.262 e. The number of amides is 2. The van der Waals surface area contributed by atoms with Crippen LogP contribution in [-0.2, 0) is 9.59 Å². The number of carbonyl (C=O) groups excluding carboxylic acids is 2. The van der Waals surface area contributed by atoms with Crippen LogP contribution in [0.2, 0.25) is 0 Å². The van der Waals surface area contributed by atoms with Gasteiger partial charge in [-0.2, -0.15) is 0 Å². The second-order valence-electron chi connectivity index (χ2n) is 5.46. The number of carbonyl (C=O) groups is 2. The Morgan fingerprint density at radius 1 is 1.30 bits per heavy atom. The topological polar surface area (TPSA) is 84.2 Å². The number of primary amides is 1. The normalized spacial score (nSPS) is 32.2. The Labute approximate surface area is 122 Å². The van der Waals surface area contributed by atoms with Crippen molar-refractivity contribution in [2.45, 2.75) is 50.1 Å². The molecule has 2 amide bonds. The van der Waals surface area contributed by atoms with Gasteiger partial charge in [-0.3, -0.25) is 14.9 Å². The van der Waals surface area contributed by atoms with E-state index >= 15 is 0 Å². The van der Waals surface area contributed by atoms with E-state index in [-0.39, 0.29) is 30.3 Å². The van der Waals surface area contributed by atoms with Crippen LogP contribution in [0.5, 0.6) is 0 Å². The Balaban J connectivity index is 0.00000200. The lowest BCUT2D eigenvalue weighted by molar-refractivity contribution is -0.126. The first kappa shape index (κ1) is 17.1. The monoisotopic (exact) mass is 311 g/mol. The Morgan fingerprint density at radius 2 is 2.00 bits per heavy atom. The minimum atomic E-state index is -2.82. The van der Waals surface area contributed by atoms with E-state index in [9.17, 15) is 18.4 Å². The van der Waals surface area contributed by atoms with E-state index < -0.39 is 30.8 Å². The Bertz CT molecular complexity index is 382. The molecule has 0 aromatic rings. The van der Waals surface area contributed by atoms with Gasteiger partial charge >= 0.3 is 0 Å². The molecular formula is C12H20ClF2N3O2. The summed E-state index contributed by atoms with van der Waals surface area (Å²) >= 11 is 0. The van der Waals surface area contributed by atoms with Crippen LogP contribution in [0.15, 0.2) is 0 Å². The van der Waals surface area contributed by atoms with Crippen LogP contribution >= 0.6 is 12.4 Å². The SMILES string of the molecule is Cl.NC(=O)C1CCCC(NC(=O)C2CC(F)(F)CN2)C1. The summed E-state index contributed by atoms with van der Waals surface area (Å²) in [6, 6.07) is -0.987. The molecule has 2 aliphatic rings. The van der Waals surface area contributed by atoms with Gasteiger partial charge in [0.1, 0.15) is 0 Å². The van der Waals surface area contributed by atoms with Gasteiger partial charge in [0.15, 0.2) is 0 Å². The summed E-state index contributed by atoms with van der Waals surface area (Å²) in [6.07, 6.45) is 2.35. The molecule has 3 atom stereocenters. The van der Waals surface area contributed by atoms with Crippen LogP contribution < -0.4 is 16.4 Å². The molecule has 0 radical (unpaired) electrons. The van der Waals surface area contributed by atoms with Crippen molar-refractivity contribution in [1.82, 2.24) is 10.6 Å². The lowest BCUT2D eigenvalue weighted by Crippen LogP contribution is -2.47. The first-order chi connectivity index (χ1) is 8.87. The van der Waals surface area contributed by atoms with Gasteiger partial charge in [0.2, 0.25) is 11.8 Å². The zero-order valence-electron chi connectivity index (χ0n) is 11.0. The second kappa shape index (κ2) is 6.67. The van der Waals surface area contributed by atoms with E-state index in [0.717, 1.165) is 19.3 Å². The van der Waals surface area contributed by atoms with E-state index in [2.05, 4.69) is 10.6 Å². The first-order valence-corrected chi connectivity index (χ1v) is 6.58. The van der Waals surface area contributed by atoms with Crippen molar-refractivity contribution in [3.8, 4) is 0 Å². The van der Waals surface area contributed by atoms with Crippen molar-refractivity contribution in [2.75, 3.05) is 6.54 Å². The lowest BCUT2D eigenvalue weighted by Gasteiger charge is -2.28. The third-order valence-electron chi connectivity index (χ3n) is 3.85. The molecule has 4 N–H and O–H groups in total. The first-order valence-electron chi connectivity index (χ1n) is 6.58. The number of rotatable bonds is 3. The Morgan fingerprint density at radius 3 is 2.55 bits per heavy atom. The predicted octanol–water partition coefficient (Wildman–Crippen LogP) is 0.566. The van der Waals surface area contributed by atoms with Gasteiger partial charge in [-0.05, 0) is 19.3 Å². The van der Waals surface area contributed by atoms with Crippen LogP contribution in [0.4, 0.5) is 8.78 Å². The van der Waals surface area contributed by atoms with Crippen molar-refractivity contribution in [1.29, 1.82) is 0 Å². The molecule has 1 saturated carbocycles. The van der Waals surface area contributed by atoms with Crippen molar-refractivity contribution in [3.05, 3.63) is 0 Å². The molecule has 3 unspecified atom stereocenters. The predicted molar refractivity (Wildman–Crippen MR) is 71.7 cm³/mol. The number of nitrogens with one attached hydrogen (secondary N) is 2. The standard InChI is InChI=1S/C12H19F2N3O2.ClH/c13-12(14)5-9(16-6-12)11(19)17-8-3-1-2-7(4-8)10(15)18;/h7-9,16H,1-6H2,(H2,15,18)(H,17,19);1H. The number of alkyl halides is 2. The molecule has 1 heterocycles. The fourth-order valence-corrected chi connectivity index (χ4v) is 2.78. The van der Waals surface area contributed by atoms with Gasteiger partial charge in [-0.1, -0.05) is 6.42 Å². The Kier molecular flexibility index (Phi) is 5.70. The van der Waals surface area contributed by atoms with Crippen LogP contribution in [-0.4, -0.2) is 36.4 Å². The maximum absolute atomic E-state index is 13.0. The Hall–Kier alpha value is -0.950. The van der Waals surface area contributed by atoms with Gasteiger partial charge in [0.05, 0.1) is 12.6 Å². The highest BCUT2D eigenvalue weighted by atomic mass is 35.5. The van der Waals surface area contributed by atoms with Crippen LogP contribution in [0.1, 0.15) is 32.1 Å². The third kappa shape index (κ3) is 4.28. The van der Waals surface area contributed by atoms with E-state index in [1.807, 2.05) is 0 Å². The molecule has 0 bridgehead atoms. The van der Waals surface area contributed by atoms with Crippen molar-refractivity contribution in [3.63, 3.8) is 0 Å². The van der Waals surface area contributed by atoms with Crippen LogP contribution in [0, 0.1) is 5.92 Å². The van der Waals surface area contributed by atoms with Crippen molar-refractivity contribution >= 4 is 24.2 Å². The molecule has 8 heteroatoms. The van der Waals surface area contributed by atoms with Crippen LogP contribution in [0.25, 0.3) is 0 Å². The van der Waals surface area contributed by atoms with Crippen LogP contribution in [0.3, 0.4) is 0 Å². The lowest BCUT2D eigenvalue weighted by atomic mass is 9.85. The van der Waals surface area contributed by atoms with Crippen molar-refractivity contribution in [2.24, 2.45) is 11.7 Å². The zero-order chi connectivity index (χ0) is 14.0. The maximum atomic E-state index is 13.0. The average molecular weight is 312 g/mol.